The van der Waals surface area contributed by atoms with E-state index >= 15 is 0 Å². The summed E-state index contributed by atoms with van der Waals surface area (Å²) < 4.78 is 0. The van der Waals surface area contributed by atoms with Crippen LogP contribution in [0.1, 0.15) is 35.5 Å². The fraction of sp³-hybridized carbons (Fsp3) is 0.500. The maximum absolute atomic E-state index is 8.81. The van der Waals surface area contributed by atoms with Gasteiger partial charge in [-0.3, -0.25) is 0 Å². The quantitative estimate of drug-likeness (QED) is 0.723. The van der Waals surface area contributed by atoms with Gasteiger partial charge in [-0.2, -0.15) is 5.26 Å². The Bertz CT molecular complexity index is 344. The zero-order valence-corrected chi connectivity index (χ0v) is 8.52. The third kappa shape index (κ3) is 1.58. The summed E-state index contributed by atoms with van der Waals surface area (Å²) in [7, 11) is 1.91. The van der Waals surface area contributed by atoms with Crippen LogP contribution in [0, 0.1) is 25.2 Å². The molecule has 0 fully saturated rings. The van der Waals surface area contributed by atoms with Crippen LogP contribution in [0.3, 0.4) is 0 Å². The van der Waals surface area contributed by atoms with Gasteiger partial charge in [-0.25, -0.2) is 0 Å². The summed E-state index contributed by atoms with van der Waals surface area (Å²) in [5.74, 6) is 0. The van der Waals surface area contributed by atoms with Gasteiger partial charge in [0.25, 0.3) is 0 Å². The van der Waals surface area contributed by atoms with Crippen molar-refractivity contribution in [3.63, 3.8) is 0 Å². The van der Waals surface area contributed by atoms with Crippen molar-refractivity contribution in [3.8, 4) is 6.07 Å². The Morgan fingerprint density at radius 3 is 2.38 bits per heavy atom. The molecule has 0 aromatic carbocycles. The van der Waals surface area contributed by atoms with Crippen LogP contribution in [0.5, 0.6) is 0 Å². The summed E-state index contributed by atoms with van der Waals surface area (Å²) in [5.41, 5.74) is 4.02. The second kappa shape index (κ2) is 3.63. The van der Waals surface area contributed by atoms with Crippen LogP contribution in [0.4, 0.5) is 0 Å². The van der Waals surface area contributed by atoms with Gasteiger partial charge in [0.15, 0.2) is 0 Å². The first kappa shape index (κ1) is 9.82. The predicted octanol–water partition coefficient (Wildman–Crippen LogP) is 1.78. The normalized spacial score (nSPS) is 12.5. The Morgan fingerprint density at radius 2 is 2.00 bits per heavy atom. The molecule has 0 aliphatic heterocycles. The molecule has 0 radical (unpaired) electrons. The summed E-state index contributed by atoms with van der Waals surface area (Å²) in [4.78, 5) is 3.13. The monoisotopic (exact) mass is 177 g/mol. The second-order valence-electron chi connectivity index (χ2n) is 3.29. The lowest BCUT2D eigenvalue weighted by Crippen LogP contribution is -2.13. The average Bonchev–Trinajstić information content (AvgIpc) is 2.43. The number of hydrogen-bond acceptors (Lipinski definition) is 2. The van der Waals surface area contributed by atoms with Crippen molar-refractivity contribution < 1.29 is 0 Å². The molecule has 1 aromatic heterocycles. The molecule has 0 bridgehead atoms. The van der Waals surface area contributed by atoms with E-state index in [4.69, 9.17) is 5.26 Å². The SMILES string of the molecule is CN[C@H](C)c1[nH]c(C#N)c(C)c1C. The molecule has 0 spiro atoms. The number of aromatic amines is 1. The topological polar surface area (TPSA) is 51.6 Å². The molecule has 0 aliphatic rings. The van der Waals surface area contributed by atoms with Gasteiger partial charge >= 0.3 is 0 Å². The Labute approximate surface area is 78.8 Å². The lowest BCUT2D eigenvalue weighted by atomic mass is 10.1. The highest BCUT2D eigenvalue weighted by Crippen LogP contribution is 2.21. The van der Waals surface area contributed by atoms with E-state index < -0.39 is 0 Å². The molecule has 1 aromatic rings. The van der Waals surface area contributed by atoms with E-state index in [2.05, 4.69) is 23.3 Å². The van der Waals surface area contributed by atoms with Gasteiger partial charge in [0.2, 0.25) is 0 Å². The van der Waals surface area contributed by atoms with Crippen LogP contribution in [0.15, 0.2) is 0 Å². The van der Waals surface area contributed by atoms with Crippen molar-refractivity contribution in [2.24, 2.45) is 0 Å². The highest BCUT2D eigenvalue weighted by molar-refractivity contribution is 5.42. The lowest BCUT2D eigenvalue weighted by Gasteiger charge is -2.09. The molecular formula is C10H15N3. The molecule has 0 saturated carbocycles. The van der Waals surface area contributed by atoms with Crippen LogP contribution >= 0.6 is 0 Å². The van der Waals surface area contributed by atoms with Crippen molar-refractivity contribution in [3.05, 3.63) is 22.5 Å². The van der Waals surface area contributed by atoms with Gasteiger partial charge in [-0.15, -0.1) is 0 Å². The molecule has 3 nitrogen and oxygen atoms in total. The minimum Gasteiger partial charge on any atom is -0.348 e. The minimum atomic E-state index is 0.265. The molecule has 1 heterocycles. The molecule has 0 amide bonds. The number of nitrogens with zero attached hydrogens (tertiary/aromatic N) is 1. The molecule has 13 heavy (non-hydrogen) atoms. The maximum atomic E-state index is 8.81. The van der Waals surface area contributed by atoms with Crippen LogP contribution in [-0.4, -0.2) is 12.0 Å². The molecular weight excluding hydrogens is 162 g/mol. The highest BCUT2D eigenvalue weighted by Gasteiger charge is 2.13. The predicted molar refractivity (Wildman–Crippen MR) is 52.5 cm³/mol. The summed E-state index contributed by atoms with van der Waals surface area (Å²) in [6.07, 6.45) is 0. The van der Waals surface area contributed by atoms with Crippen molar-refractivity contribution in [2.45, 2.75) is 26.8 Å². The van der Waals surface area contributed by atoms with E-state index in [9.17, 15) is 0 Å². The zero-order chi connectivity index (χ0) is 10.0. The molecule has 0 saturated heterocycles. The van der Waals surface area contributed by atoms with E-state index in [1.54, 1.807) is 0 Å². The van der Waals surface area contributed by atoms with E-state index in [1.807, 2.05) is 20.9 Å². The number of nitriles is 1. The number of H-pyrrole nitrogens is 1. The van der Waals surface area contributed by atoms with Crippen molar-refractivity contribution >= 4 is 0 Å². The van der Waals surface area contributed by atoms with E-state index in [0.717, 1.165) is 11.3 Å². The number of rotatable bonds is 2. The van der Waals surface area contributed by atoms with Crippen LogP contribution in [0.25, 0.3) is 0 Å². The summed E-state index contributed by atoms with van der Waals surface area (Å²) in [5, 5.41) is 12.0. The van der Waals surface area contributed by atoms with Crippen LogP contribution in [0.2, 0.25) is 0 Å². The Balaban J connectivity index is 3.18. The van der Waals surface area contributed by atoms with Gasteiger partial charge in [0.1, 0.15) is 11.8 Å². The van der Waals surface area contributed by atoms with E-state index in [-0.39, 0.29) is 6.04 Å². The second-order valence-corrected chi connectivity index (χ2v) is 3.29. The third-order valence-electron chi connectivity index (χ3n) is 2.58. The standard InChI is InChI=1S/C10H15N3/c1-6-7(2)10(8(3)12-4)13-9(6)5-11/h8,12-13H,1-4H3/t8-/m1/s1. The Kier molecular flexibility index (Phi) is 2.74. The summed E-state index contributed by atoms with van der Waals surface area (Å²) in [6, 6.07) is 2.42. The molecule has 3 heteroatoms. The first-order valence-electron chi connectivity index (χ1n) is 4.38. The Hall–Kier alpha value is -1.27. The van der Waals surface area contributed by atoms with Crippen LogP contribution < -0.4 is 5.32 Å². The molecule has 70 valence electrons. The van der Waals surface area contributed by atoms with E-state index in [0.29, 0.717) is 5.69 Å². The van der Waals surface area contributed by atoms with E-state index in [1.165, 1.54) is 5.56 Å². The minimum absolute atomic E-state index is 0.265. The fourth-order valence-corrected chi connectivity index (χ4v) is 1.40. The molecule has 2 N–H and O–H groups in total. The number of aromatic nitrogens is 1. The van der Waals surface area contributed by atoms with Crippen molar-refractivity contribution in [1.29, 1.82) is 5.26 Å². The average molecular weight is 177 g/mol. The molecule has 1 atom stereocenters. The zero-order valence-electron chi connectivity index (χ0n) is 8.52. The lowest BCUT2D eigenvalue weighted by molar-refractivity contribution is 0.632. The Morgan fingerprint density at radius 1 is 1.38 bits per heavy atom. The van der Waals surface area contributed by atoms with Gasteiger partial charge in [0, 0.05) is 11.7 Å². The first-order valence-corrected chi connectivity index (χ1v) is 4.38. The summed E-state index contributed by atoms with van der Waals surface area (Å²) in [6.45, 7) is 6.07. The van der Waals surface area contributed by atoms with Gasteiger partial charge in [-0.05, 0) is 38.9 Å². The van der Waals surface area contributed by atoms with Gasteiger partial charge in [-0.1, -0.05) is 0 Å². The van der Waals surface area contributed by atoms with Crippen LogP contribution in [-0.2, 0) is 0 Å². The first-order chi connectivity index (χ1) is 6.11. The van der Waals surface area contributed by atoms with Crippen molar-refractivity contribution in [2.75, 3.05) is 7.05 Å². The number of hydrogen-bond donors (Lipinski definition) is 2. The smallest absolute Gasteiger partial charge is 0.121 e. The maximum Gasteiger partial charge on any atom is 0.121 e. The molecule has 0 aliphatic carbocycles. The van der Waals surface area contributed by atoms with Gasteiger partial charge < -0.3 is 10.3 Å². The largest absolute Gasteiger partial charge is 0.348 e. The van der Waals surface area contributed by atoms with Gasteiger partial charge in [0.05, 0.1) is 0 Å². The molecule has 0 unspecified atom stereocenters. The van der Waals surface area contributed by atoms with Crippen molar-refractivity contribution in [1.82, 2.24) is 10.3 Å². The molecule has 1 rings (SSSR count). The highest BCUT2D eigenvalue weighted by atomic mass is 14.9. The third-order valence-corrected chi connectivity index (χ3v) is 2.58. The fourth-order valence-electron chi connectivity index (χ4n) is 1.40. The summed E-state index contributed by atoms with van der Waals surface area (Å²) >= 11 is 0. The number of nitrogens with one attached hydrogen (secondary N) is 2.